The molecule has 0 bridgehead atoms. The zero-order valence-corrected chi connectivity index (χ0v) is 13.4. The molecule has 0 saturated carbocycles. The summed E-state index contributed by atoms with van der Waals surface area (Å²) < 4.78 is 1.88. The van der Waals surface area contributed by atoms with Crippen LogP contribution in [0.5, 0.6) is 0 Å². The van der Waals surface area contributed by atoms with Crippen molar-refractivity contribution in [1.82, 2.24) is 15.0 Å². The van der Waals surface area contributed by atoms with Crippen molar-refractivity contribution in [1.29, 1.82) is 5.26 Å². The molecule has 0 aliphatic heterocycles. The number of fused-ring (bicyclic) bond motifs is 1. The average molecular weight is 325 g/mol. The van der Waals surface area contributed by atoms with Crippen molar-refractivity contribution in [3.05, 3.63) is 90.0 Å². The molecular weight excluding hydrogens is 310 g/mol. The number of nitriles is 1. The fourth-order valence-electron chi connectivity index (χ4n) is 2.80. The molecule has 1 N–H and O–H groups in total. The fourth-order valence-corrected chi connectivity index (χ4v) is 2.80. The van der Waals surface area contributed by atoms with Crippen LogP contribution in [0.3, 0.4) is 0 Å². The maximum absolute atomic E-state index is 8.96. The number of hydrogen-bond acceptors (Lipinski definition) is 4. The second-order valence-electron chi connectivity index (χ2n) is 5.67. The van der Waals surface area contributed by atoms with E-state index >= 15 is 0 Å². The lowest BCUT2D eigenvalue weighted by Gasteiger charge is -2.21. The van der Waals surface area contributed by atoms with E-state index in [9.17, 15) is 0 Å². The summed E-state index contributed by atoms with van der Waals surface area (Å²) in [6, 6.07) is 27.5. The van der Waals surface area contributed by atoms with E-state index in [1.165, 1.54) is 0 Å². The highest BCUT2D eigenvalue weighted by Crippen LogP contribution is 2.24. The first-order chi connectivity index (χ1) is 12.3. The van der Waals surface area contributed by atoms with Gasteiger partial charge < -0.3 is 5.32 Å². The number of anilines is 1. The largest absolute Gasteiger partial charge is 0.360 e. The van der Waals surface area contributed by atoms with E-state index in [-0.39, 0.29) is 6.17 Å². The summed E-state index contributed by atoms with van der Waals surface area (Å²) in [7, 11) is 0. The minimum Gasteiger partial charge on any atom is -0.360 e. The van der Waals surface area contributed by atoms with Crippen molar-refractivity contribution in [2.24, 2.45) is 0 Å². The van der Waals surface area contributed by atoms with Crippen molar-refractivity contribution in [3.8, 4) is 6.07 Å². The predicted molar refractivity (Wildman–Crippen MR) is 96.9 cm³/mol. The lowest BCUT2D eigenvalue weighted by Crippen LogP contribution is -2.21. The quantitative estimate of drug-likeness (QED) is 0.617. The number of nitrogens with zero attached hydrogens (tertiary/aromatic N) is 4. The smallest absolute Gasteiger partial charge is 0.149 e. The van der Waals surface area contributed by atoms with Crippen LogP contribution in [-0.2, 0) is 0 Å². The van der Waals surface area contributed by atoms with Crippen LogP contribution in [0, 0.1) is 11.3 Å². The number of nitrogens with one attached hydrogen (secondary N) is 1. The van der Waals surface area contributed by atoms with Crippen LogP contribution in [0.1, 0.15) is 17.3 Å². The highest BCUT2D eigenvalue weighted by molar-refractivity contribution is 5.74. The highest BCUT2D eigenvalue weighted by Gasteiger charge is 2.17. The van der Waals surface area contributed by atoms with Crippen LogP contribution in [-0.4, -0.2) is 15.0 Å². The Morgan fingerprint density at radius 2 is 1.60 bits per heavy atom. The lowest BCUT2D eigenvalue weighted by atomic mass is 10.1. The SMILES string of the molecule is N#Cc1ccc(NC(c2ccccc2)n2nnc3ccccc32)cc1. The Hall–Kier alpha value is -3.65. The molecule has 4 rings (SSSR count). The lowest BCUT2D eigenvalue weighted by molar-refractivity contribution is 0.571. The summed E-state index contributed by atoms with van der Waals surface area (Å²) in [5.41, 5.74) is 4.42. The van der Waals surface area contributed by atoms with Gasteiger partial charge in [-0.25, -0.2) is 4.68 Å². The summed E-state index contributed by atoms with van der Waals surface area (Å²) in [6.07, 6.45) is -0.207. The molecule has 0 saturated heterocycles. The van der Waals surface area contributed by atoms with Crippen LogP contribution >= 0.6 is 0 Å². The van der Waals surface area contributed by atoms with E-state index in [0.29, 0.717) is 5.56 Å². The Balaban J connectivity index is 1.78. The molecule has 4 aromatic rings. The molecule has 0 aliphatic rings. The first kappa shape index (κ1) is 14.9. The van der Waals surface area contributed by atoms with Crippen LogP contribution in [0.25, 0.3) is 11.0 Å². The zero-order valence-electron chi connectivity index (χ0n) is 13.4. The second kappa shape index (κ2) is 6.46. The molecule has 0 radical (unpaired) electrons. The Morgan fingerprint density at radius 1 is 0.880 bits per heavy atom. The van der Waals surface area contributed by atoms with E-state index in [2.05, 4.69) is 33.8 Å². The van der Waals surface area contributed by atoms with Crippen molar-refractivity contribution in [2.45, 2.75) is 6.17 Å². The summed E-state index contributed by atoms with van der Waals surface area (Å²) in [4.78, 5) is 0. The first-order valence-corrected chi connectivity index (χ1v) is 7.97. The fraction of sp³-hybridized carbons (Fsp3) is 0.0500. The standard InChI is InChI=1S/C20H15N5/c21-14-15-10-12-17(13-11-15)22-20(16-6-2-1-3-7-16)25-19-9-5-4-8-18(19)23-24-25/h1-13,20,22H. The van der Waals surface area contributed by atoms with Crippen molar-refractivity contribution in [2.75, 3.05) is 5.32 Å². The van der Waals surface area contributed by atoms with Gasteiger partial charge in [-0.05, 0) is 42.0 Å². The number of aromatic nitrogens is 3. The summed E-state index contributed by atoms with van der Waals surface area (Å²) in [6.45, 7) is 0. The molecule has 120 valence electrons. The van der Waals surface area contributed by atoms with Crippen molar-refractivity contribution >= 4 is 16.7 Å². The summed E-state index contributed by atoms with van der Waals surface area (Å²) >= 11 is 0. The third kappa shape index (κ3) is 2.93. The van der Waals surface area contributed by atoms with Crippen LogP contribution in [0.4, 0.5) is 5.69 Å². The van der Waals surface area contributed by atoms with Gasteiger partial charge in [0.15, 0.2) is 0 Å². The third-order valence-electron chi connectivity index (χ3n) is 4.05. The van der Waals surface area contributed by atoms with Gasteiger partial charge in [0.1, 0.15) is 11.7 Å². The van der Waals surface area contributed by atoms with Gasteiger partial charge in [-0.1, -0.05) is 47.7 Å². The third-order valence-corrected chi connectivity index (χ3v) is 4.05. The van der Waals surface area contributed by atoms with E-state index in [1.54, 1.807) is 12.1 Å². The maximum atomic E-state index is 8.96. The Morgan fingerprint density at radius 3 is 2.36 bits per heavy atom. The van der Waals surface area contributed by atoms with Gasteiger partial charge in [0, 0.05) is 5.69 Å². The summed E-state index contributed by atoms with van der Waals surface area (Å²) in [5, 5.41) is 21.1. The average Bonchev–Trinajstić information content (AvgIpc) is 3.11. The van der Waals surface area contributed by atoms with Gasteiger partial charge in [0.05, 0.1) is 17.1 Å². The van der Waals surface area contributed by atoms with Gasteiger partial charge in [-0.15, -0.1) is 5.10 Å². The van der Waals surface area contributed by atoms with Gasteiger partial charge >= 0.3 is 0 Å². The van der Waals surface area contributed by atoms with Gasteiger partial charge in [-0.2, -0.15) is 5.26 Å². The van der Waals surface area contributed by atoms with Gasteiger partial charge in [-0.3, -0.25) is 0 Å². The zero-order chi connectivity index (χ0) is 17.1. The van der Waals surface area contributed by atoms with Crippen molar-refractivity contribution < 1.29 is 0 Å². The van der Waals surface area contributed by atoms with Crippen LogP contribution in [0.2, 0.25) is 0 Å². The number of hydrogen-bond donors (Lipinski definition) is 1. The van der Waals surface area contributed by atoms with Gasteiger partial charge in [0.2, 0.25) is 0 Å². The number of rotatable bonds is 4. The minimum absolute atomic E-state index is 0.207. The number of para-hydroxylation sites is 1. The number of benzene rings is 3. The molecule has 3 aromatic carbocycles. The van der Waals surface area contributed by atoms with Crippen molar-refractivity contribution in [3.63, 3.8) is 0 Å². The maximum Gasteiger partial charge on any atom is 0.149 e. The first-order valence-electron chi connectivity index (χ1n) is 7.97. The molecular formula is C20H15N5. The van der Waals surface area contributed by atoms with E-state index in [0.717, 1.165) is 22.3 Å². The molecule has 1 unspecified atom stereocenters. The molecule has 0 amide bonds. The highest BCUT2D eigenvalue weighted by atomic mass is 15.5. The van der Waals surface area contributed by atoms with Gasteiger partial charge in [0.25, 0.3) is 0 Å². The predicted octanol–water partition coefficient (Wildman–Crippen LogP) is 3.96. The molecule has 1 aromatic heterocycles. The molecule has 5 heteroatoms. The van der Waals surface area contributed by atoms with Crippen LogP contribution in [0.15, 0.2) is 78.9 Å². The Labute approximate surface area is 145 Å². The van der Waals surface area contributed by atoms with Crippen LogP contribution < -0.4 is 5.32 Å². The molecule has 0 aliphatic carbocycles. The Kier molecular flexibility index (Phi) is 3.85. The van der Waals surface area contributed by atoms with E-state index in [1.807, 2.05) is 59.3 Å². The Bertz CT molecular complexity index is 1030. The second-order valence-corrected chi connectivity index (χ2v) is 5.67. The monoisotopic (exact) mass is 325 g/mol. The molecule has 1 heterocycles. The normalized spacial score (nSPS) is 11.8. The molecule has 0 spiro atoms. The molecule has 1 atom stereocenters. The minimum atomic E-state index is -0.207. The summed E-state index contributed by atoms with van der Waals surface area (Å²) in [5.74, 6) is 0. The topological polar surface area (TPSA) is 66.5 Å². The molecule has 5 nitrogen and oxygen atoms in total. The molecule has 0 fully saturated rings. The van der Waals surface area contributed by atoms with E-state index < -0.39 is 0 Å². The molecule has 25 heavy (non-hydrogen) atoms. The van der Waals surface area contributed by atoms with E-state index in [4.69, 9.17) is 5.26 Å².